The van der Waals surface area contributed by atoms with Crippen molar-refractivity contribution in [3.63, 3.8) is 0 Å². The Hall–Kier alpha value is -0.870. The molecule has 1 saturated heterocycles. The number of rotatable bonds is 3. The number of anilines is 1. The predicted octanol–water partition coefficient (Wildman–Crippen LogP) is 3.17. The molecule has 0 radical (unpaired) electrons. The fourth-order valence-corrected chi connectivity index (χ4v) is 2.73. The van der Waals surface area contributed by atoms with E-state index in [1.807, 2.05) is 24.3 Å². The van der Waals surface area contributed by atoms with Crippen molar-refractivity contribution < 1.29 is 4.79 Å². The van der Waals surface area contributed by atoms with E-state index in [0.29, 0.717) is 5.92 Å². The maximum absolute atomic E-state index is 12.2. The van der Waals surface area contributed by atoms with Crippen LogP contribution in [0.5, 0.6) is 0 Å². The lowest BCUT2D eigenvalue weighted by atomic mass is 9.90. The van der Waals surface area contributed by atoms with Crippen LogP contribution in [0.1, 0.15) is 26.2 Å². The Morgan fingerprint density at radius 3 is 3.00 bits per heavy atom. The van der Waals surface area contributed by atoms with E-state index >= 15 is 0 Å². The van der Waals surface area contributed by atoms with Crippen molar-refractivity contribution in [1.82, 2.24) is 5.32 Å². The van der Waals surface area contributed by atoms with Crippen LogP contribution < -0.4 is 10.6 Å². The second-order valence-corrected chi connectivity index (χ2v) is 5.63. The number of para-hydroxylation sites is 1. The van der Waals surface area contributed by atoms with Crippen LogP contribution in [0.15, 0.2) is 28.7 Å². The van der Waals surface area contributed by atoms with Gasteiger partial charge < -0.3 is 10.6 Å². The molecule has 1 aliphatic heterocycles. The molecule has 1 heterocycles. The van der Waals surface area contributed by atoms with E-state index < -0.39 is 0 Å². The van der Waals surface area contributed by atoms with Gasteiger partial charge in [-0.3, -0.25) is 4.79 Å². The van der Waals surface area contributed by atoms with Crippen molar-refractivity contribution in [2.75, 3.05) is 11.9 Å². The normalized spacial score (nSPS) is 23.7. The van der Waals surface area contributed by atoms with E-state index in [-0.39, 0.29) is 11.9 Å². The van der Waals surface area contributed by atoms with Gasteiger partial charge in [-0.15, -0.1) is 0 Å². The molecule has 0 aliphatic carbocycles. The predicted molar refractivity (Wildman–Crippen MR) is 77.6 cm³/mol. The van der Waals surface area contributed by atoms with Crippen LogP contribution in [0.4, 0.5) is 5.69 Å². The Morgan fingerprint density at radius 2 is 2.28 bits per heavy atom. The van der Waals surface area contributed by atoms with Gasteiger partial charge in [-0.25, -0.2) is 0 Å². The molecule has 0 spiro atoms. The maximum atomic E-state index is 12.2. The summed E-state index contributed by atoms with van der Waals surface area (Å²) in [6.07, 6.45) is 3.27. The number of carbonyl (C=O) groups is 1. The summed E-state index contributed by atoms with van der Waals surface area (Å²) in [5.41, 5.74) is 0.836. The third-order valence-corrected chi connectivity index (χ3v) is 4.23. The van der Waals surface area contributed by atoms with E-state index in [0.717, 1.165) is 29.5 Å². The SMILES string of the molecule is CCC1CCNC(C(=O)Nc2ccccc2Br)C1. The summed E-state index contributed by atoms with van der Waals surface area (Å²) in [6, 6.07) is 7.63. The lowest BCUT2D eigenvalue weighted by Gasteiger charge is -2.28. The summed E-state index contributed by atoms with van der Waals surface area (Å²) < 4.78 is 0.918. The highest BCUT2D eigenvalue weighted by Crippen LogP contribution is 2.23. The second-order valence-electron chi connectivity index (χ2n) is 4.77. The molecule has 3 nitrogen and oxygen atoms in total. The molecule has 0 bridgehead atoms. The molecular weight excluding hydrogens is 292 g/mol. The fourth-order valence-electron chi connectivity index (χ4n) is 2.35. The molecule has 18 heavy (non-hydrogen) atoms. The minimum absolute atomic E-state index is 0.0594. The van der Waals surface area contributed by atoms with Crippen molar-refractivity contribution in [3.8, 4) is 0 Å². The van der Waals surface area contributed by atoms with Gasteiger partial charge in [0, 0.05) is 4.47 Å². The molecule has 1 fully saturated rings. The van der Waals surface area contributed by atoms with Crippen LogP contribution in [0.3, 0.4) is 0 Å². The summed E-state index contributed by atoms with van der Waals surface area (Å²) in [7, 11) is 0. The smallest absolute Gasteiger partial charge is 0.241 e. The van der Waals surface area contributed by atoms with Crippen molar-refractivity contribution in [2.24, 2.45) is 5.92 Å². The van der Waals surface area contributed by atoms with Crippen LogP contribution in [-0.2, 0) is 4.79 Å². The Kier molecular flexibility index (Phi) is 4.78. The molecule has 2 rings (SSSR count). The molecule has 2 atom stereocenters. The van der Waals surface area contributed by atoms with Gasteiger partial charge in [0.15, 0.2) is 0 Å². The third-order valence-electron chi connectivity index (χ3n) is 3.54. The zero-order valence-electron chi connectivity index (χ0n) is 10.6. The van der Waals surface area contributed by atoms with E-state index in [4.69, 9.17) is 0 Å². The molecular formula is C14H19BrN2O. The first-order chi connectivity index (χ1) is 8.70. The Morgan fingerprint density at radius 1 is 1.50 bits per heavy atom. The monoisotopic (exact) mass is 310 g/mol. The van der Waals surface area contributed by atoms with Gasteiger partial charge in [0.2, 0.25) is 5.91 Å². The molecule has 2 unspecified atom stereocenters. The average molecular weight is 311 g/mol. The minimum Gasteiger partial charge on any atom is -0.324 e. The van der Waals surface area contributed by atoms with Crippen LogP contribution in [-0.4, -0.2) is 18.5 Å². The molecule has 4 heteroatoms. The summed E-state index contributed by atoms with van der Waals surface area (Å²) in [5.74, 6) is 0.737. The van der Waals surface area contributed by atoms with Crippen LogP contribution in [0.2, 0.25) is 0 Å². The topological polar surface area (TPSA) is 41.1 Å². The van der Waals surface area contributed by atoms with Crippen LogP contribution in [0.25, 0.3) is 0 Å². The van der Waals surface area contributed by atoms with E-state index in [1.165, 1.54) is 6.42 Å². The number of benzene rings is 1. The van der Waals surface area contributed by atoms with Crippen LogP contribution in [0, 0.1) is 5.92 Å². The number of carbonyl (C=O) groups excluding carboxylic acids is 1. The number of hydrogen-bond donors (Lipinski definition) is 2. The molecule has 1 aromatic carbocycles. The largest absolute Gasteiger partial charge is 0.324 e. The number of hydrogen-bond acceptors (Lipinski definition) is 2. The van der Waals surface area contributed by atoms with Crippen molar-refractivity contribution in [1.29, 1.82) is 0 Å². The number of amides is 1. The van der Waals surface area contributed by atoms with Gasteiger partial charge in [0.1, 0.15) is 0 Å². The highest BCUT2D eigenvalue weighted by atomic mass is 79.9. The molecule has 1 aromatic rings. The first-order valence-electron chi connectivity index (χ1n) is 6.49. The summed E-state index contributed by atoms with van der Waals surface area (Å²) in [4.78, 5) is 12.2. The molecule has 98 valence electrons. The van der Waals surface area contributed by atoms with Crippen molar-refractivity contribution in [2.45, 2.75) is 32.2 Å². The Balaban J connectivity index is 1.97. The average Bonchev–Trinajstić information content (AvgIpc) is 2.41. The third kappa shape index (κ3) is 3.33. The van der Waals surface area contributed by atoms with Gasteiger partial charge in [0.05, 0.1) is 11.7 Å². The summed E-state index contributed by atoms with van der Waals surface area (Å²) in [6.45, 7) is 3.13. The zero-order valence-corrected chi connectivity index (χ0v) is 12.2. The van der Waals surface area contributed by atoms with E-state index in [2.05, 4.69) is 33.5 Å². The number of piperidine rings is 1. The van der Waals surface area contributed by atoms with Gasteiger partial charge in [0.25, 0.3) is 0 Å². The molecule has 2 N–H and O–H groups in total. The first kappa shape index (κ1) is 13.6. The van der Waals surface area contributed by atoms with Gasteiger partial charge in [-0.1, -0.05) is 25.5 Å². The fraction of sp³-hybridized carbons (Fsp3) is 0.500. The second kappa shape index (κ2) is 6.34. The zero-order chi connectivity index (χ0) is 13.0. The summed E-state index contributed by atoms with van der Waals surface area (Å²) >= 11 is 3.44. The Bertz CT molecular complexity index is 422. The minimum atomic E-state index is -0.0594. The number of nitrogens with one attached hydrogen (secondary N) is 2. The molecule has 0 aromatic heterocycles. The van der Waals surface area contributed by atoms with E-state index in [1.54, 1.807) is 0 Å². The van der Waals surface area contributed by atoms with Gasteiger partial charge in [-0.2, -0.15) is 0 Å². The standard InChI is InChI=1S/C14H19BrN2O/c1-2-10-7-8-16-13(9-10)14(18)17-12-6-4-3-5-11(12)15/h3-6,10,13,16H,2,7-9H2,1H3,(H,17,18). The Labute approximate surface area is 116 Å². The van der Waals surface area contributed by atoms with Gasteiger partial charge >= 0.3 is 0 Å². The van der Waals surface area contributed by atoms with E-state index in [9.17, 15) is 4.79 Å². The quantitative estimate of drug-likeness (QED) is 0.900. The lowest BCUT2D eigenvalue weighted by molar-refractivity contribution is -0.119. The highest BCUT2D eigenvalue weighted by molar-refractivity contribution is 9.10. The van der Waals surface area contributed by atoms with Crippen molar-refractivity contribution in [3.05, 3.63) is 28.7 Å². The molecule has 1 aliphatic rings. The van der Waals surface area contributed by atoms with Crippen molar-refractivity contribution >= 4 is 27.5 Å². The van der Waals surface area contributed by atoms with Gasteiger partial charge in [-0.05, 0) is 53.4 Å². The lowest BCUT2D eigenvalue weighted by Crippen LogP contribution is -2.46. The molecule has 0 saturated carbocycles. The number of halogens is 1. The van der Waals surface area contributed by atoms with Crippen LogP contribution >= 0.6 is 15.9 Å². The first-order valence-corrected chi connectivity index (χ1v) is 7.28. The summed E-state index contributed by atoms with van der Waals surface area (Å²) in [5, 5.41) is 6.27. The molecule has 1 amide bonds. The highest BCUT2D eigenvalue weighted by Gasteiger charge is 2.26. The maximum Gasteiger partial charge on any atom is 0.241 e.